The van der Waals surface area contributed by atoms with Crippen LogP contribution < -0.4 is 9.96 Å². The Balaban J connectivity index is 1.59. The van der Waals surface area contributed by atoms with Crippen LogP contribution in [0.25, 0.3) is 0 Å². The van der Waals surface area contributed by atoms with Crippen molar-refractivity contribution in [1.82, 2.24) is 0 Å². The largest absolute Gasteiger partial charge is 0.293 e. The van der Waals surface area contributed by atoms with Crippen LogP contribution in [0.4, 0.5) is 17.1 Å². The lowest BCUT2D eigenvalue weighted by molar-refractivity contribution is -0.384. The lowest BCUT2D eigenvalue weighted by Crippen LogP contribution is -2.37. The summed E-state index contributed by atoms with van der Waals surface area (Å²) in [6.07, 6.45) is -1.05. The van der Waals surface area contributed by atoms with Crippen LogP contribution in [0.2, 0.25) is 0 Å². The molecule has 0 spiro atoms. The van der Waals surface area contributed by atoms with Crippen LogP contribution in [0.1, 0.15) is 10.9 Å². The SMILES string of the molecule is O=C1C2ON(c3ccccc3)C(c3cccs3)C2C(=O)N1c1ccccc1[N+](=O)[O-]. The van der Waals surface area contributed by atoms with Gasteiger partial charge in [0.25, 0.3) is 11.6 Å². The van der Waals surface area contributed by atoms with E-state index in [4.69, 9.17) is 4.84 Å². The Morgan fingerprint density at radius 1 is 0.933 bits per heavy atom. The van der Waals surface area contributed by atoms with E-state index in [-0.39, 0.29) is 11.4 Å². The van der Waals surface area contributed by atoms with Crippen molar-refractivity contribution in [3.63, 3.8) is 0 Å². The Morgan fingerprint density at radius 2 is 1.67 bits per heavy atom. The minimum Gasteiger partial charge on any atom is -0.273 e. The summed E-state index contributed by atoms with van der Waals surface area (Å²) in [5.74, 6) is -1.91. The molecule has 9 heteroatoms. The lowest BCUT2D eigenvalue weighted by atomic mass is 9.95. The number of thiophene rings is 1. The zero-order valence-corrected chi connectivity index (χ0v) is 16.3. The smallest absolute Gasteiger partial charge is 0.273 e. The van der Waals surface area contributed by atoms with Gasteiger partial charge in [0.15, 0.2) is 6.10 Å². The number of hydrogen-bond donors (Lipinski definition) is 0. The summed E-state index contributed by atoms with van der Waals surface area (Å²) in [6.45, 7) is 0. The molecule has 1 aromatic heterocycles. The summed E-state index contributed by atoms with van der Waals surface area (Å²) < 4.78 is 0. The second-order valence-electron chi connectivity index (χ2n) is 6.93. The predicted octanol–water partition coefficient (Wildman–Crippen LogP) is 3.71. The molecule has 2 saturated heterocycles. The Morgan fingerprint density at radius 3 is 2.37 bits per heavy atom. The number of nitrogens with zero attached hydrogens (tertiary/aromatic N) is 3. The Labute approximate surface area is 175 Å². The average molecular weight is 421 g/mol. The quantitative estimate of drug-likeness (QED) is 0.362. The van der Waals surface area contributed by atoms with Crippen molar-refractivity contribution in [3.05, 3.63) is 87.1 Å². The van der Waals surface area contributed by atoms with E-state index in [1.807, 2.05) is 47.8 Å². The van der Waals surface area contributed by atoms with E-state index in [0.29, 0.717) is 0 Å². The summed E-state index contributed by atoms with van der Waals surface area (Å²) in [7, 11) is 0. The average Bonchev–Trinajstić information content (AvgIpc) is 3.46. The van der Waals surface area contributed by atoms with Gasteiger partial charge in [-0.05, 0) is 29.6 Å². The summed E-state index contributed by atoms with van der Waals surface area (Å²) in [4.78, 5) is 45.3. The molecule has 0 radical (unpaired) electrons. The Bertz CT molecular complexity index is 1130. The van der Waals surface area contributed by atoms with Crippen LogP contribution >= 0.6 is 11.3 Å². The van der Waals surface area contributed by atoms with E-state index in [9.17, 15) is 19.7 Å². The summed E-state index contributed by atoms with van der Waals surface area (Å²) in [5, 5.41) is 14.9. The zero-order valence-electron chi connectivity index (χ0n) is 15.5. The number of hydroxylamine groups is 1. The molecule has 3 aromatic rings. The standard InChI is InChI=1S/C21H15N3O5S/c25-20-17-18(16-11-6-12-30-16)23(13-7-2-1-3-8-13)29-19(17)21(26)22(20)14-9-4-5-10-15(14)24(27)28/h1-12,17-19H. The number of nitro groups is 1. The molecule has 30 heavy (non-hydrogen) atoms. The van der Waals surface area contributed by atoms with E-state index in [2.05, 4.69) is 0 Å². The normalized spacial score (nSPS) is 23.1. The minimum atomic E-state index is -1.05. The monoisotopic (exact) mass is 421 g/mol. The number of amides is 2. The van der Waals surface area contributed by atoms with Crippen LogP contribution in [-0.4, -0.2) is 22.8 Å². The van der Waals surface area contributed by atoms with Gasteiger partial charge in [0.2, 0.25) is 5.91 Å². The van der Waals surface area contributed by atoms with Crippen LogP contribution in [0.5, 0.6) is 0 Å². The van der Waals surface area contributed by atoms with Gasteiger partial charge in [-0.3, -0.25) is 24.5 Å². The van der Waals surface area contributed by atoms with E-state index in [0.717, 1.165) is 15.5 Å². The molecule has 2 aliphatic rings. The highest BCUT2D eigenvalue weighted by atomic mass is 32.1. The summed E-state index contributed by atoms with van der Waals surface area (Å²) in [6, 6.07) is 18.2. The fourth-order valence-corrected chi connectivity index (χ4v) is 4.86. The van der Waals surface area contributed by atoms with Crippen molar-refractivity contribution in [3.8, 4) is 0 Å². The van der Waals surface area contributed by atoms with Gasteiger partial charge in [0, 0.05) is 10.9 Å². The van der Waals surface area contributed by atoms with E-state index in [1.165, 1.54) is 29.5 Å². The number of rotatable bonds is 4. The predicted molar refractivity (Wildman–Crippen MR) is 110 cm³/mol. The van der Waals surface area contributed by atoms with Gasteiger partial charge in [-0.1, -0.05) is 36.4 Å². The minimum absolute atomic E-state index is 0.0355. The highest BCUT2D eigenvalue weighted by Crippen LogP contribution is 2.49. The third-order valence-electron chi connectivity index (χ3n) is 5.28. The molecule has 2 fully saturated rings. The molecule has 0 aliphatic carbocycles. The molecule has 3 unspecified atom stereocenters. The molecule has 0 N–H and O–H groups in total. The third kappa shape index (κ3) is 2.71. The van der Waals surface area contributed by atoms with Crippen molar-refractivity contribution >= 4 is 40.2 Å². The molecule has 3 atom stereocenters. The van der Waals surface area contributed by atoms with Crippen molar-refractivity contribution < 1.29 is 19.3 Å². The maximum Gasteiger partial charge on any atom is 0.293 e. The number of carbonyl (C=O) groups excluding carboxylic acids is 2. The lowest BCUT2D eigenvalue weighted by Gasteiger charge is -2.27. The number of anilines is 2. The first-order valence-corrected chi connectivity index (χ1v) is 10.1. The third-order valence-corrected chi connectivity index (χ3v) is 6.22. The molecule has 150 valence electrons. The number of fused-ring (bicyclic) bond motifs is 1. The number of benzene rings is 2. The fourth-order valence-electron chi connectivity index (χ4n) is 4.01. The van der Waals surface area contributed by atoms with Gasteiger partial charge >= 0.3 is 0 Å². The maximum atomic E-state index is 13.4. The van der Waals surface area contributed by atoms with Gasteiger partial charge in [-0.25, -0.2) is 9.96 Å². The van der Waals surface area contributed by atoms with E-state index >= 15 is 0 Å². The van der Waals surface area contributed by atoms with Crippen molar-refractivity contribution in [1.29, 1.82) is 0 Å². The first-order valence-electron chi connectivity index (χ1n) is 9.23. The van der Waals surface area contributed by atoms with Crippen molar-refractivity contribution in [2.75, 3.05) is 9.96 Å². The molecule has 2 amide bonds. The Hall–Kier alpha value is -3.56. The van der Waals surface area contributed by atoms with Gasteiger partial charge < -0.3 is 0 Å². The number of carbonyl (C=O) groups is 2. The van der Waals surface area contributed by atoms with Gasteiger partial charge in [0.1, 0.15) is 17.6 Å². The molecule has 8 nitrogen and oxygen atoms in total. The molecular formula is C21H15N3O5S. The number of hydrogen-bond acceptors (Lipinski definition) is 7. The summed E-state index contributed by atoms with van der Waals surface area (Å²) in [5.41, 5.74) is 0.390. The van der Waals surface area contributed by atoms with Crippen LogP contribution in [0, 0.1) is 16.0 Å². The Kier molecular flexibility index (Phi) is 4.34. The first-order chi connectivity index (χ1) is 14.6. The van der Waals surface area contributed by atoms with E-state index in [1.54, 1.807) is 11.1 Å². The van der Waals surface area contributed by atoms with Crippen LogP contribution in [-0.2, 0) is 14.4 Å². The summed E-state index contributed by atoms with van der Waals surface area (Å²) >= 11 is 1.46. The van der Waals surface area contributed by atoms with Crippen molar-refractivity contribution in [2.24, 2.45) is 5.92 Å². The van der Waals surface area contributed by atoms with Crippen LogP contribution in [0.15, 0.2) is 72.1 Å². The number of nitro benzene ring substituents is 1. The molecule has 2 aliphatic heterocycles. The highest BCUT2D eigenvalue weighted by molar-refractivity contribution is 7.10. The molecule has 0 bridgehead atoms. The second-order valence-corrected chi connectivity index (χ2v) is 7.91. The molecule has 2 aromatic carbocycles. The molecule has 5 rings (SSSR count). The van der Waals surface area contributed by atoms with Gasteiger partial charge in [-0.2, -0.15) is 0 Å². The topological polar surface area (TPSA) is 93.0 Å². The van der Waals surface area contributed by atoms with Gasteiger partial charge in [-0.15, -0.1) is 11.3 Å². The highest BCUT2D eigenvalue weighted by Gasteiger charge is 2.61. The zero-order chi connectivity index (χ0) is 20.8. The van der Waals surface area contributed by atoms with Gasteiger partial charge in [0.05, 0.1) is 10.6 Å². The molecular weight excluding hydrogens is 406 g/mol. The molecule has 3 heterocycles. The number of imide groups is 1. The first kappa shape index (κ1) is 18.5. The second kappa shape index (κ2) is 7.05. The maximum absolute atomic E-state index is 13.4. The number of para-hydroxylation sites is 3. The molecule has 0 saturated carbocycles. The fraction of sp³-hybridized carbons (Fsp3) is 0.143. The van der Waals surface area contributed by atoms with Crippen molar-refractivity contribution in [2.45, 2.75) is 12.1 Å². The van der Waals surface area contributed by atoms with E-state index < -0.39 is 34.8 Å². The van der Waals surface area contributed by atoms with Crippen LogP contribution in [0.3, 0.4) is 0 Å².